The predicted octanol–water partition coefficient (Wildman–Crippen LogP) is 11.0. The van der Waals surface area contributed by atoms with Crippen LogP contribution in [0.25, 0.3) is 5.57 Å². The second-order valence-corrected chi connectivity index (χ2v) is 12.4. The average Bonchev–Trinajstić information content (AvgIpc) is 2.95. The first-order valence-corrected chi connectivity index (χ1v) is 15.3. The van der Waals surface area contributed by atoms with Crippen LogP contribution in [0.2, 0.25) is 0 Å². The molecule has 200 valence electrons. The van der Waals surface area contributed by atoms with Crippen molar-refractivity contribution in [3.8, 4) is 0 Å². The Hall–Kier alpha value is -1.96. The number of hydrogen-bond acceptors (Lipinski definition) is 0. The Bertz CT molecular complexity index is 1020. The Morgan fingerprint density at radius 2 is 1.35 bits per heavy atom. The van der Waals surface area contributed by atoms with Crippen molar-refractivity contribution in [1.29, 1.82) is 0 Å². The Kier molecular flexibility index (Phi) is 9.16. The molecule has 0 amide bonds. The van der Waals surface area contributed by atoms with Crippen molar-refractivity contribution in [1.82, 2.24) is 0 Å². The van der Waals surface area contributed by atoms with Crippen LogP contribution in [-0.2, 0) is 0 Å². The third-order valence-electron chi connectivity index (χ3n) is 10.1. The number of unbranched alkanes of at least 4 members (excludes halogenated alkanes) is 2. The normalized spacial score (nSPS) is 28.6. The summed E-state index contributed by atoms with van der Waals surface area (Å²) in [6, 6.07) is 13.8. The highest BCUT2D eigenvalue weighted by Gasteiger charge is 2.31. The molecule has 0 aromatic heterocycles. The van der Waals surface area contributed by atoms with Gasteiger partial charge in [0, 0.05) is 0 Å². The van der Waals surface area contributed by atoms with Gasteiger partial charge < -0.3 is 0 Å². The molecule has 2 aromatic rings. The van der Waals surface area contributed by atoms with Crippen molar-refractivity contribution in [2.24, 2.45) is 17.8 Å². The van der Waals surface area contributed by atoms with Gasteiger partial charge in [-0.15, -0.1) is 0 Å². The van der Waals surface area contributed by atoms with Gasteiger partial charge in [-0.2, -0.15) is 0 Å². The van der Waals surface area contributed by atoms with Gasteiger partial charge in [0.05, 0.1) is 0 Å². The van der Waals surface area contributed by atoms with Crippen LogP contribution in [0.15, 0.2) is 48.5 Å². The fourth-order valence-electron chi connectivity index (χ4n) is 7.69. The van der Waals surface area contributed by atoms with Gasteiger partial charge in [-0.05, 0) is 122 Å². The van der Waals surface area contributed by atoms with E-state index in [1.54, 1.807) is 6.07 Å². The Morgan fingerprint density at radius 1 is 0.676 bits per heavy atom. The van der Waals surface area contributed by atoms with Crippen molar-refractivity contribution >= 4 is 5.57 Å². The number of allylic oxidation sites excluding steroid dienone is 2. The minimum absolute atomic E-state index is 0.282. The molecule has 0 heterocycles. The van der Waals surface area contributed by atoms with Crippen LogP contribution in [0.4, 0.5) is 8.78 Å². The van der Waals surface area contributed by atoms with Crippen LogP contribution in [0, 0.1) is 29.4 Å². The maximum atomic E-state index is 13.7. The topological polar surface area (TPSA) is 0 Å². The molecule has 0 bridgehead atoms. The molecule has 0 radical (unpaired) electrons. The highest BCUT2D eigenvalue weighted by Crippen LogP contribution is 2.45. The lowest BCUT2D eigenvalue weighted by atomic mass is 9.68. The highest BCUT2D eigenvalue weighted by molar-refractivity contribution is 5.67. The molecule has 5 rings (SSSR count). The molecule has 0 aliphatic heterocycles. The second-order valence-electron chi connectivity index (χ2n) is 12.4. The second kappa shape index (κ2) is 12.7. The van der Waals surface area contributed by atoms with Crippen molar-refractivity contribution < 1.29 is 8.78 Å². The van der Waals surface area contributed by atoms with E-state index in [0.717, 1.165) is 48.5 Å². The highest BCUT2D eigenvalue weighted by atomic mass is 19.2. The summed E-state index contributed by atoms with van der Waals surface area (Å²) in [6.07, 6.45) is 22.4. The largest absolute Gasteiger partial charge is 0.204 e. The maximum Gasteiger partial charge on any atom is 0.159 e. The first-order valence-electron chi connectivity index (χ1n) is 15.3. The van der Waals surface area contributed by atoms with E-state index in [0.29, 0.717) is 0 Å². The number of benzene rings is 2. The first kappa shape index (κ1) is 26.6. The Morgan fingerprint density at radius 3 is 1.97 bits per heavy atom. The van der Waals surface area contributed by atoms with E-state index in [1.165, 1.54) is 106 Å². The minimum Gasteiger partial charge on any atom is -0.204 e. The van der Waals surface area contributed by atoms with E-state index in [4.69, 9.17) is 0 Å². The van der Waals surface area contributed by atoms with Crippen molar-refractivity contribution in [3.05, 3.63) is 76.9 Å². The smallest absolute Gasteiger partial charge is 0.159 e. The molecule has 3 aliphatic rings. The lowest BCUT2D eigenvalue weighted by Crippen LogP contribution is -2.25. The van der Waals surface area contributed by atoms with Crippen LogP contribution in [0.3, 0.4) is 0 Å². The molecule has 2 saturated carbocycles. The molecule has 2 heteroatoms. The van der Waals surface area contributed by atoms with Gasteiger partial charge in [-0.3, -0.25) is 0 Å². The van der Waals surface area contributed by atoms with Gasteiger partial charge in [0.25, 0.3) is 0 Å². The van der Waals surface area contributed by atoms with E-state index >= 15 is 0 Å². The van der Waals surface area contributed by atoms with E-state index in [1.807, 2.05) is 0 Å². The van der Waals surface area contributed by atoms with Gasteiger partial charge >= 0.3 is 0 Å². The summed E-state index contributed by atoms with van der Waals surface area (Å²) in [7, 11) is 0. The lowest BCUT2D eigenvalue weighted by Gasteiger charge is -2.38. The maximum absolute atomic E-state index is 13.7. The molecular weight excluding hydrogens is 458 g/mol. The third-order valence-corrected chi connectivity index (χ3v) is 10.1. The van der Waals surface area contributed by atoms with Gasteiger partial charge in [0.1, 0.15) is 0 Å². The van der Waals surface area contributed by atoms with Gasteiger partial charge in [0.15, 0.2) is 11.6 Å². The average molecular weight is 505 g/mol. The molecule has 1 atom stereocenters. The molecule has 0 spiro atoms. The van der Waals surface area contributed by atoms with E-state index < -0.39 is 11.6 Å². The summed E-state index contributed by atoms with van der Waals surface area (Å²) < 4.78 is 26.9. The molecule has 2 fully saturated rings. The SMILES string of the molecule is CCCCCC1CCC(C2CCC(c3ccc(C4=CCC(c5ccc(F)c(F)c5)CC4)cc3)CC2)CC1. The van der Waals surface area contributed by atoms with Gasteiger partial charge in [0.2, 0.25) is 0 Å². The summed E-state index contributed by atoms with van der Waals surface area (Å²) >= 11 is 0. The van der Waals surface area contributed by atoms with E-state index in [-0.39, 0.29) is 5.92 Å². The van der Waals surface area contributed by atoms with Crippen LogP contribution < -0.4 is 0 Å². The van der Waals surface area contributed by atoms with Crippen LogP contribution >= 0.6 is 0 Å². The number of halogens is 2. The first-order chi connectivity index (χ1) is 18.1. The lowest BCUT2D eigenvalue weighted by molar-refractivity contribution is 0.155. The summed E-state index contributed by atoms with van der Waals surface area (Å²) in [5.74, 6) is 2.51. The zero-order chi connectivity index (χ0) is 25.6. The minimum atomic E-state index is -0.760. The summed E-state index contributed by atoms with van der Waals surface area (Å²) in [5.41, 5.74) is 5.18. The molecular formula is C35H46F2. The van der Waals surface area contributed by atoms with Crippen LogP contribution in [0.5, 0.6) is 0 Å². The Labute approximate surface area is 224 Å². The fourth-order valence-corrected chi connectivity index (χ4v) is 7.69. The standard InChI is InChI=1S/C35H46F2/c1-2-3-4-5-25-6-8-26(9-7-25)27-10-12-28(13-11-27)29-14-16-30(17-15-29)31-18-20-32(21-19-31)33-22-23-34(36)35(37)24-33/h14-18,22-28,32H,2-13,19-21H2,1H3. The number of hydrogen-bond donors (Lipinski definition) is 0. The Balaban J connectivity index is 1.09. The van der Waals surface area contributed by atoms with Gasteiger partial charge in [-0.1, -0.05) is 81.9 Å². The van der Waals surface area contributed by atoms with E-state index in [2.05, 4.69) is 37.3 Å². The summed E-state index contributed by atoms with van der Waals surface area (Å²) in [5, 5.41) is 0. The summed E-state index contributed by atoms with van der Waals surface area (Å²) in [6.45, 7) is 2.31. The van der Waals surface area contributed by atoms with Crippen molar-refractivity contribution in [2.45, 2.75) is 115 Å². The molecule has 0 nitrogen and oxygen atoms in total. The molecule has 1 unspecified atom stereocenters. The zero-order valence-electron chi connectivity index (χ0n) is 22.9. The fraction of sp³-hybridized carbons (Fsp3) is 0.600. The zero-order valence-corrected chi connectivity index (χ0v) is 22.9. The molecule has 2 aromatic carbocycles. The van der Waals surface area contributed by atoms with Crippen LogP contribution in [0.1, 0.15) is 132 Å². The van der Waals surface area contributed by atoms with Crippen molar-refractivity contribution in [2.75, 3.05) is 0 Å². The number of rotatable bonds is 8. The predicted molar refractivity (Wildman–Crippen MR) is 152 cm³/mol. The molecule has 0 N–H and O–H groups in total. The molecule has 3 aliphatic carbocycles. The molecule has 0 saturated heterocycles. The quantitative estimate of drug-likeness (QED) is 0.314. The van der Waals surface area contributed by atoms with Crippen LogP contribution in [-0.4, -0.2) is 0 Å². The van der Waals surface area contributed by atoms with Gasteiger partial charge in [-0.25, -0.2) is 8.78 Å². The van der Waals surface area contributed by atoms with E-state index in [9.17, 15) is 8.78 Å². The monoisotopic (exact) mass is 504 g/mol. The van der Waals surface area contributed by atoms with Crippen molar-refractivity contribution in [3.63, 3.8) is 0 Å². The third kappa shape index (κ3) is 6.73. The molecule has 37 heavy (non-hydrogen) atoms. The summed E-state index contributed by atoms with van der Waals surface area (Å²) in [4.78, 5) is 0.